The Morgan fingerprint density at radius 2 is 1.72 bits per heavy atom. The van der Waals surface area contributed by atoms with Crippen molar-refractivity contribution >= 4 is 12.1 Å². The van der Waals surface area contributed by atoms with Gasteiger partial charge in [-0.25, -0.2) is 5.43 Å². The first kappa shape index (κ1) is 18.5. The van der Waals surface area contributed by atoms with E-state index in [1.54, 1.807) is 30.5 Å². The molecule has 0 spiro atoms. The van der Waals surface area contributed by atoms with Crippen molar-refractivity contribution in [2.45, 2.75) is 33.3 Å². The smallest absolute Gasteiger partial charge is 0.271 e. The van der Waals surface area contributed by atoms with Crippen LogP contribution in [0.4, 0.5) is 0 Å². The van der Waals surface area contributed by atoms with Gasteiger partial charge in [0.05, 0.1) is 18.9 Å². The van der Waals surface area contributed by atoms with Gasteiger partial charge in [-0.15, -0.1) is 0 Å². The van der Waals surface area contributed by atoms with Crippen molar-refractivity contribution in [3.05, 3.63) is 59.7 Å². The number of benzene rings is 2. The maximum Gasteiger partial charge on any atom is 0.271 e. The molecule has 0 aliphatic heterocycles. The van der Waals surface area contributed by atoms with Gasteiger partial charge in [-0.05, 0) is 74.4 Å². The van der Waals surface area contributed by atoms with Crippen molar-refractivity contribution in [3.8, 4) is 11.5 Å². The molecule has 0 aromatic heterocycles. The van der Waals surface area contributed by atoms with E-state index in [2.05, 4.69) is 10.5 Å². The fourth-order valence-corrected chi connectivity index (χ4v) is 2.06. The standard InChI is InChI=1S/C20H24N2O3/c1-4-13-24-18-11-7-17(8-12-18)20(23)22-21-14-16-5-9-19(10-6-16)25-15(2)3/h5-12,14-15H,4,13H2,1-3H3,(H,22,23)/b21-14-. The average molecular weight is 340 g/mol. The van der Waals surface area contributed by atoms with E-state index in [-0.39, 0.29) is 12.0 Å². The lowest BCUT2D eigenvalue weighted by Gasteiger charge is -2.09. The number of carbonyl (C=O) groups excluding carboxylic acids is 1. The van der Waals surface area contributed by atoms with E-state index in [9.17, 15) is 4.79 Å². The Bertz CT molecular complexity index is 692. The summed E-state index contributed by atoms with van der Waals surface area (Å²) in [5.74, 6) is 1.30. The normalized spacial score (nSPS) is 10.9. The highest BCUT2D eigenvalue weighted by Gasteiger charge is 2.04. The van der Waals surface area contributed by atoms with Crippen molar-refractivity contribution < 1.29 is 14.3 Å². The van der Waals surface area contributed by atoms with Crippen LogP contribution in [0.1, 0.15) is 43.1 Å². The molecule has 5 nitrogen and oxygen atoms in total. The van der Waals surface area contributed by atoms with E-state index in [1.807, 2.05) is 45.0 Å². The van der Waals surface area contributed by atoms with Crippen molar-refractivity contribution in [3.63, 3.8) is 0 Å². The van der Waals surface area contributed by atoms with Crippen LogP contribution in [0.25, 0.3) is 0 Å². The second-order valence-corrected chi connectivity index (χ2v) is 5.81. The average Bonchev–Trinajstić information content (AvgIpc) is 2.61. The topological polar surface area (TPSA) is 59.9 Å². The minimum atomic E-state index is -0.266. The highest BCUT2D eigenvalue weighted by atomic mass is 16.5. The molecule has 0 fully saturated rings. The third-order valence-corrected chi connectivity index (χ3v) is 3.22. The first-order valence-corrected chi connectivity index (χ1v) is 8.41. The summed E-state index contributed by atoms with van der Waals surface area (Å²) in [7, 11) is 0. The minimum Gasteiger partial charge on any atom is -0.494 e. The molecule has 0 radical (unpaired) electrons. The van der Waals surface area contributed by atoms with Gasteiger partial charge in [0, 0.05) is 5.56 Å². The zero-order chi connectivity index (χ0) is 18.1. The Morgan fingerprint density at radius 3 is 2.32 bits per heavy atom. The van der Waals surface area contributed by atoms with Crippen molar-refractivity contribution in [2.75, 3.05) is 6.61 Å². The third kappa shape index (κ3) is 6.30. The summed E-state index contributed by atoms with van der Waals surface area (Å²) >= 11 is 0. The van der Waals surface area contributed by atoms with Crippen LogP contribution in [0.5, 0.6) is 11.5 Å². The maximum absolute atomic E-state index is 12.0. The van der Waals surface area contributed by atoms with E-state index < -0.39 is 0 Å². The maximum atomic E-state index is 12.0. The molecule has 0 unspecified atom stereocenters. The Labute approximate surface area is 148 Å². The van der Waals surface area contributed by atoms with Crippen LogP contribution < -0.4 is 14.9 Å². The van der Waals surface area contributed by atoms with Gasteiger partial charge in [0.25, 0.3) is 5.91 Å². The number of amides is 1. The molecular weight excluding hydrogens is 316 g/mol. The molecule has 0 atom stereocenters. The first-order chi connectivity index (χ1) is 12.1. The summed E-state index contributed by atoms with van der Waals surface area (Å²) < 4.78 is 11.1. The summed E-state index contributed by atoms with van der Waals surface area (Å²) in [5.41, 5.74) is 3.92. The zero-order valence-electron chi connectivity index (χ0n) is 14.9. The SMILES string of the molecule is CCCOc1ccc(C(=O)N/N=C\c2ccc(OC(C)C)cc2)cc1. The predicted molar refractivity (Wildman–Crippen MR) is 99.5 cm³/mol. The van der Waals surface area contributed by atoms with E-state index in [1.165, 1.54) is 0 Å². The Morgan fingerprint density at radius 1 is 1.08 bits per heavy atom. The summed E-state index contributed by atoms with van der Waals surface area (Å²) in [6.07, 6.45) is 2.68. The molecule has 2 aromatic rings. The van der Waals surface area contributed by atoms with Crippen molar-refractivity contribution in [1.29, 1.82) is 0 Å². The highest BCUT2D eigenvalue weighted by Crippen LogP contribution is 2.13. The molecule has 2 aromatic carbocycles. The van der Waals surface area contributed by atoms with Crippen LogP contribution in [-0.4, -0.2) is 24.8 Å². The van der Waals surface area contributed by atoms with E-state index in [0.717, 1.165) is 23.5 Å². The molecule has 2 rings (SSSR count). The molecule has 1 N–H and O–H groups in total. The number of hydrogen-bond acceptors (Lipinski definition) is 4. The Kier molecular flexibility index (Phi) is 7.01. The summed E-state index contributed by atoms with van der Waals surface area (Å²) in [4.78, 5) is 12.0. The van der Waals surface area contributed by atoms with Gasteiger partial charge in [0.2, 0.25) is 0 Å². The van der Waals surface area contributed by atoms with Crippen LogP contribution >= 0.6 is 0 Å². The number of nitrogens with one attached hydrogen (secondary N) is 1. The lowest BCUT2D eigenvalue weighted by molar-refractivity contribution is 0.0955. The van der Waals surface area contributed by atoms with Crippen LogP contribution in [0.3, 0.4) is 0 Å². The van der Waals surface area contributed by atoms with Gasteiger partial charge in [0.1, 0.15) is 11.5 Å². The second kappa shape index (κ2) is 9.47. The number of hydrazone groups is 1. The molecular formula is C20H24N2O3. The Hall–Kier alpha value is -2.82. The van der Waals surface area contributed by atoms with E-state index in [4.69, 9.17) is 9.47 Å². The van der Waals surface area contributed by atoms with Gasteiger partial charge in [-0.2, -0.15) is 5.10 Å². The fraction of sp³-hybridized carbons (Fsp3) is 0.300. The van der Waals surface area contributed by atoms with Gasteiger partial charge in [-0.1, -0.05) is 6.92 Å². The lowest BCUT2D eigenvalue weighted by atomic mass is 10.2. The van der Waals surface area contributed by atoms with Crippen LogP contribution in [-0.2, 0) is 0 Å². The summed E-state index contributed by atoms with van der Waals surface area (Å²) in [6, 6.07) is 14.5. The molecule has 0 heterocycles. The molecule has 0 saturated carbocycles. The van der Waals surface area contributed by atoms with Crippen molar-refractivity contribution in [2.24, 2.45) is 5.10 Å². The van der Waals surface area contributed by atoms with Gasteiger partial charge < -0.3 is 9.47 Å². The summed E-state index contributed by atoms with van der Waals surface area (Å²) in [6.45, 7) is 6.67. The first-order valence-electron chi connectivity index (χ1n) is 8.41. The number of carbonyl (C=O) groups is 1. The van der Waals surface area contributed by atoms with Crippen molar-refractivity contribution in [1.82, 2.24) is 5.43 Å². The predicted octanol–water partition coefficient (Wildman–Crippen LogP) is 4.03. The lowest BCUT2D eigenvalue weighted by Crippen LogP contribution is -2.17. The number of hydrogen-bond donors (Lipinski definition) is 1. The zero-order valence-corrected chi connectivity index (χ0v) is 14.9. The monoisotopic (exact) mass is 340 g/mol. The van der Waals surface area contributed by atoms with Crippen LogP contribution in [0.2, 0.25) is 0 Å². The molecule has 0 aliphatic rings. The minimum absolute atomic E-state index is 0.137. The fourth-order valence-electron chi connectivity index (χ4n) is 2.06. The van der Waals surface area contributed by atoms with E-state index >= 15 is 0 Å². The quantitative estimate of drug-likeness (QED) is 0.583. The molecule has 25 heavy (non-hydrogen) atoms. The van der Waals surface area contributed by atoms with E-state index in [0.29, 0.717) is 12.2 Å². The summed E-state index contributed by atoms with van der Waals surface area (Å²) in [5, 5.41) is 3.98. The molecule has 1 amide bonds. The number of nitrogens with zero attached hydrogens (tertiary/aromatic N) is 1. The molecule has 0 aliphatic carbocycles. The third-order valence-electron chi connectivity index (χ3n) is 3.22. The second-order valence-electron chi connectivity index (χ2n) is 5.81. The van der Waals surface area contributed by atoms with Gasteiger partial charge >= 0.3 is 0 Å². The van der Waals surface area contributed by atoms with Crippen LogP contribution in [0.15, 0.2) is 53.6 Å². The molecule has 5 heteroatoms. The highest BCUT2D eigenvalue weighted by molar-refractivity contribution is 5.95. The van der Waals surface area contributed by atoms with Gasteiger partial charge in [0.15, 0.2) is 0 Å². The number of ether oxygens (including phenoxy) is 2. The largest absolute Gasteiger partial charge is 0.494 e. The molecule has 0 bridgehead atoms. The molecule has 0 saturated heterocycles. The van der Waals surface area contributed by atoms with Gasteiger partial charge in [-0.3, -0.25) is 4.79 Å². The van der Waals surface area contributed by atoms with Crippen LogP contribution in [0, 0.1) is 0 Å². The molecule has 132 valence electrons. The number of rotatable bonds is 8. The Balaban J connectivity index is 1.87.